The van der Waals surface area contributed by atoms with Crippen molar-refractivity contribution in [3.63, 3.8) is 0 Å². The zero-order chi connectivity index (χ0) is 55.6. The molecule has 0 aliphatic carbocycles. The van der Waals surface area contributed by atoms with E-state index in [0.29, 0.717) is 146 Å². The molecule has 0 fully saturated rings. The first-order chi connectivity index (χ1) is 37.9. The predicted molar refractivity (Wildman–Crippen MR) is 309 cm³/mol. The molecule has 0 atom stereocenters. The topological polar surface area (TPSA) is 253 Å². The Morgan fingerprint density at radius 3 is 0.526 bits per heavy atom. The fourth-order valence-corrected chi connectivity index (χ4v) is 7.74. The van der Waals surface area contributed by atoms with E-state index in [1.807, 2.05) is 41.5 Å². The van der Waals surface area contributed by atoms with Gasteiger partial charge in [0, 0.05) is 106 Å². The Hall–Kier alpha value is -9.06. The van der Waals surface area contributed by atoms with E-state index >= 15 is 0 Å². The van der Waals surface area contributed by atoms with E-state index in [9.17, 15) is 28.8 Å². The minimum atomic E-state index is -0.803. The largest absolute Gasteiger partial charge is 0.490 e. The maximum atomic E-state index is 13.8. The first-order valence-electron chi connectivity index (χ1n) is 26.3. The highest BCUT2D eigenvalue weighted by atomic mass is 16.5. The maximum Gasteiger partial charge on any atom is 0.235 e. The fraction of sp³-hybridized carbons (Fsp3) is 0.300. The molecule has 6 N–H and O–H groups in total. The van der Waals surface area contributed by atoms with Crippen LogP contribution in [0.5, 0.6) is 34.5 Å². The van der Waals surface area contributed by atoms with Crippen molar-refractivity contribution in [1.82, 2.24) is 29.9 Å². The second-order valence-electron chi connectivity index (χ2n) is 18.1. The summed E-state index contributed by atoms with van der Waals surface area (Å²) >= 11 is 0. The third-order valence-electron chi connectivity index (χ3n) is 11.8. The summed E-state index contributed by atoms with van der Waals surface area (Å²) in [4.78, 5) is 102. The highest BCUT2D eigenvalue weighted by Crippen LogP contribution is 2.33. The van der Waals surface area contributed by atoms with Crippen molar-refractivity contribution in [1.29, 1.82) is 0 Å². The first-order valence-corrected chi connectivity index (χ1v) is 26.3. The number of nitrogens with one attached hydrogen (secondary N) is 6. The van der Waals surface area contributed by atoms with Gasteiger partial charge in [0.25, 0.3) is 0 Å². The standard InChI is InChI=1S/C60H66N6O12/c1-7-19-73-49-25-43-44(26-50(49)74-20-8-2)62-32-38-15-16-40(58(70)56(38)68)34-64-47-29-53(77-23-11-5)54(78-24-12-6)30-48(47)66-36-42-18-17-41(59(71)60(42)72)35-65-46-28-52(76-22-10-4)51(75-21-9-3)27-45(46)63-33-39-14-13-37(31-61-43)55(67)57(39)69/h13-18,25-36,61-66H,7-12,19-24H2,1-6H3. The molecule has 10 aromatic rings. The van der Waals surface area contributed by atoms with Crippen LogP contribution in [-0.4, -0.2) is 69.5 Å². The molecule has 0 aliphatic rings. The van der Waals surface area contributed by atoms with Gasteiger partial charge in [0.15, 0.2) is 34.5 Å². The minimum absolute atomic E-state index is 0.0418. The van der Waals surface area contributed by atoms with E-state index in [0.717, 1.165) is 0 Å². The van der Waals surface area contributed by atoms with Gasteiger partial charge in [0.2, 0.25) is 32.6 Å². The normalized spacial score (nSPS) is 10.8. The van der Waals surface area contributed by atoms with Crippen LogP contribution in [0.2, 0.25) is 0 Å². The smallest absolute Gasteiger partial charge is 0.235 e. The number of H-pyrrole nitrogens is 6. The third kappa shape index (κ3) is 14.0. The Bertz CT molecular complexity index is 3360. The lowest BCUT2D eigenvalue weighted by atomic mass is 10.2. The average molecular weight is 1060 g/mol. The highest BCUT2D eigenvalue weighted by molar-refractivity contribution is 5.81. The van der Waals surface area contributed by atoms with Crippen molar-refractivity contribution in [2.24, 2.45) is 0 Å². The molecule has 6 aromatic carbocycles. The zero-order valence-corrected chi connectivity index (χ0v) is 44.8. The number of hydrogen-bond acceptors (Lipinski definition) is 12. The predicted octanol–water partition coefficient (Wildman–Crippen LogP) is 10.5. The van der Waals surface area contributed by atoms with Gasteiger partial charge in [-0.1, -0.05) is 41.5 Å². The molecule has 408 valence electrons. The summed E-state index contributed by atoms with van der Waals surface area (Å²) in [5.74, 6) is 2.47. The number of fused-ring (bicyclic) bond motifs is 3. The summed E-state index contributed by atoms with van der Waals surface area (Å²) in [7, 11) is 0. The molecule has 6 bridgehead atoms. The third-order valence-corrected chi connectivity index (χ3v) is 11.8. The molecule has 0 radical (unpaired) electrons. The average Bonchev–Trinajstić information content (AvgIpc) is 3.46. The number of rotatable bonds is 18. The molecule has 0 unspecified atom stereocenters. The molecule has 0 spiro atoms. The zero-order valence-electron chi connectivity index (χ0n) is 44.8. The highest BCUT2D eigenvalue weighted by Gasteiger charge is 2.12. The van der Waals surface area contributed by atoms with Crippen molar-refractivity contribution in [2.45, 2.75) is 80.1 Å². The summed E-state index contributed by atoms with van der Waals surface area (Å²) in [5, 5.41) is 0.251. The van der Waals surface area contributed by atoms with Gasteiger partial charge < -0.3 is 58.3 Å². The van der Waals surface area contributed by atoms with Crippen LogP contribution in [0.4, 0.5) is 0 Å². The molecule has 78 heavy (non-hydrogen) atoms. The molecule has 0 saturated carbocycles. The van der Waals surface area contributed by atoms with Crippen molar-refractivity contribution < 1.29 is 28.4 Å². The van der Waals surface area contributed by atoms with Crippen LogP contribution in [0.25, 0.3) is 65.4 Å². The fourth-order valence-electron chi connectivity index (χ4n) is 7.74. The number of hydrogen-bond donors (Lipinski definition) is 6. The lowest BCUT2D eigenvalue weighted by Crippen LogP contribution is -2.22. The second kappa shape index (κ2) is 27.6. The summed E-state index contributed by atoms with van der Waals surface area (Å²) in [5.41, 5.74) is -2.48. The lowest BCUT2D eigenvalue weighted by Gasteiger charge is -2.13. The lowest BCUT2D eigenvalue weighted by molar-refractivity contribution is 0.269. The SMILES string of the molecule is CCCOc1cc2[nH]cc3ccc(c[nH]c4cc(OCCC)c(OCCC)cc4[nH]cc4ccc(c[nH]c5cc(OCCC)c(OCCC)cc5[nH]cc5ccc(c[nH]c2cc1OCCC)c(=O)c5=O)c(=O)c4=O)c(=O)c3=O. The van der Waals surface area contributed by atoms with Gasteiger partial charge in [0.05, 0.1) is 72.7 Å². The Kier molecular flexibility index (Phi) is 20.1. The van der Waals surface area contributed by atoms with Crippen LogP contribution in [0.15, 0.2) is 139 Å². The molecule has 10 rings (SSSR count). The molecule has 0 aliphatic heterocycles. The Labute approximate surface area is 447 Å². The summed E-state index contributed by atoms with van der Waals surface area (Å²) in [6.07, 6.45) is 12.6. The van der Waals surface area contributed by atoms with E-state index in [-0.39, 0.29) is 32.3 Å². The van der Waals surface area contributed by atoms with Gasteiger partial charge in [-0.3, -0.25) is 28.8 Å². The molecular formula is C60H66N6O12. The van der Waals surface area contributed by atoms with E-state index < -0.39 is 32.6 Å². The number of benzene rings is 6. The van der Waals surface area contributed by atoms with Crippen LogP contribution >= 0.6 is 0 Å². The van der Waals surface area contributed by atoms with Gasteiger partial charge in [-0.05, 0) is 74.9 Å². The maximum absolute atomic E-state index is 13.8. The molecular weight excluding hydrogens is 997 g/mol. The van der Waals surface area contributed by atoms with Crippen LogP contribution in [0.3, 0.4) is 0 Å². The van der Waals surface area contributed by atoms with Gasteiger partial charge in [-0.15, -0.1) is 0 Å². The molecule has 4 aromatic heterocycles. The van der Waals surface area contributed by atoms with Gasteiger partial charge in [-0.2, -0.15) is 0 Å². The van der Waals surface area contributed by atoms with Crippen molar-refractivity contribution in [2.75, 3.05) is 39.6 Å². The van der Waals surface area contributed by atoms with Crippen LogP contribution in [-0.2, 0) is 0 Å². The molecule has 0 amide bonds. The molecule has 18 heteroatoms. The molecule has 0 saturated heterocycles. The monoisotopic (exact) mass is 1060 g/mol. The van der Waals surface area contributed by atoms with E-state index in [4.69, 9.17) is 28.4 Å². The van der Waals surface area contributed by atoms with Crippen molar-refractivity contribution >= 4 is 65.4 Å². The van der Waals surface area contributed by atoms with Crippen molar-refractivity contribution in [3.8, 4) is 34.5 Å². The van der Waals surface area contributed by atoms with Gasteiger partial charge in [-0.25, -0.2) is 0 Å². The number of ether oxygens (including phenoxy) is 6. The minimum Gasteiger partial charge on any atom is -0.490 e. The Balaban J connectivity index is 1.60. The Morgan fingerprint density at radius 2 is 0.397 bits per heavy atom. The summed E-state index contributed by atoms with van der Waals surface area (Å²) < 4.78 is 36.5. The Morgan fingerprint density at radius 1 is 0.256 bits per heavy atom. The van der Waals surface area contributed by atoms with E-state index in [1.54, 1.807) is 36.4 Å². The molecule has 4 heterocycles. The van der Waals surface area contributed by atoms with Crippen LogP contribution < -0.4 is 61.0 Å². The summed E-state index contributed by atoms with van der Waals surface area (Å²) in [6, 6.07) is 19.1. The van der Waals surface area contributed by atoms with Gasteiger partial charge >= 0.3 is 0 Å². The number of aromatic amines is 6. The van der Waals surface area contributed by atoms with Crippen LogP contribution in [0.1, 0.15) is 80.1 Å². The van der Waals surface area contributed by atoms with E-state index in [1.165, 1.54) is 73.6 Å². The van der Waals surface area contributed by atoms with Crippen LogP contribution in [0, 0.1) is 0 Å². The first kappa shape index (κ1) is 56.7. The molecule has 18 nitrogen and oxygen atoms in total. The second-order valence-corrected chi connectivity index (χ2v) is 18.1. The number of aromatic nitrogens is 6. The van der Waals surface area contributed by atoms with Gasteiger partial charge in [0.1, 0.15) is 0 Å². The van der Waals surface area contributed by atoms with E-state index in [2.05, 4.69) is 29.9 Å². The summed E-state index contributed by atoms with van der Waals surface area (Å²) in [6.45, 7) is 14.1. The van der Waals surface area contributed by atoms with Crippen molar-refractivity contribution in [3.05, 3.63) is 171 Å². The quantitative estimate of drug-likeness (QED) is 0.0439.